The molecule has 2 N–H and O–H groups in total. The van der Waals surface area contributed by atoms with Crippen molar-refractivity contribution in [3.8, 4) is 28.7 Å². The largest absolute Gasteiger partial charge is 0.495 e. The van der Waals surface area contributed by atoms with Crippen LogP contribution in [0.15, 0.2) is 77.6 Å². The smallest absolute Gasteiger partial charge is 0.257 e. The average Bonchev–Trinajstić information content (AvgIpc) is 3.06. The summed E-state index contributed by atoms with van der Waals surface area (Å²) in [6.45, 7) is 2.09. The molecule has 1 amide bonds. The lowest BCUT2D eigenvalue weighted by atomic mass is 10.1. The van der Waals surface area contributed by atoms with Crippen LogP contribution in [0.2, 0.25) is 0 Å². The first-order chi connectivity index (χ1) is 21.9. The number of ether oxygens (including phenoxy) is 5. The molecular weight excluding hydrogens is 574 g/mol. The van der Waals surface area contributed by atoms with Gasteiger partial charge >= 0.3 is 0 Å². The number of anilines is 1. The Morgan fingerprint density at radius 1 is 0.778 bits per heavy atom. The Labute approximate surface area is 261 Å². The highest BCUT2D eigenvalue weighted by Gasteiger charge is 2.17. The van der Waals surface area contributed by atoms with Crippen LogP contribution in [-0.2, 0) is 6.54 Å². The van der Waals surface area contributed by atoms with E-state index in [1.165, 1.54) is 14.2 Å². The normalized spacial score (nSPS) is 11.1. The molecule has 0 spiro atoms. The van der Waals surface area contributed by atoms with Crippen LogP contribution in [-0.4, -0.2) is 64.4 Å². The zero-order chi connectivity index (χ0) is 31.9. The van der Waals surface area contributed by atoms with E-state index in [1.54, 1.807) is 68.8 Å². The highest BCUT2D eigenvalue weighted by atomic mass is 16.5. The van der Waals surface area contributed by atoms with E-state index in [4.69, 9.17) is 23.7 Å². The molecule has 45 heavy (non-hydrogen) atoms. The van der Waals surface area contributed by atoms with Crippen LogP contribution in [0.5, 0.6) is 28.7 Å². The lowest BCUT2D eigenvalue weighted by molar-refractivity contribution is 0.102. The summed E-state index contributed by atoms with van der Waals surface area (Å²) in [6, 6.07) is 21.5. The number of nitrogens with one attached hydrogen (secondary N) is 2. The summed E-state index contributed by atoms with van der Waals surface area (Å²) in [4.78, 5) is 32.2. The van der Waals surface area contributed by atoms with Crippen molar-refractivity contribution in [3.05, 3.63) is 94.1 Å². The number of aromatic amines is 1. The van der Waals surface area contributed by atoms with Gasteiger partial charge in [-0.1, -0.05) is 18.2 Å². The summed E-state index contributed by atoms with van der Waals surface area (Å²) in [5, 5.41) is 3.82. The molecule has 0 aliphatic carbocycles. The minimum absolute atomic E-state index is 0.182. The quantitative estimate of drug-likeness (QED) is 0.126. The predicted molar refractivity (Wildman–Crippen MR) is 176 cm³/mol. The number of pyridine rings is 1. The van der Waals surface area contributed by atoms with Crippen LogP contribution in [0.25, 0.3) is 21.8 Å². The zero-order valence-electron chi connectivity index (χ0n) is 26.1. The second kappa shape index (κ2) is 14.0. The minimum atomic E-state index is -0.394. The van der Waals surface area contributed by atoms with Crippen molar-refractivity contribution in [2.45, 2.75) is 13.0 Å². The molecule has 1 heterocycles. The number of aromatic nitrogens is 1. The summed E-state index contributed by atoms with van der Waals surface area (Å²) < 4.78 is 27.7. The molecule has 4 aromatic carbocycles. The lowest BCUT2D eigenvalue weighted by Crippen LogP contribution is -2.20. The number of rotatable bonds is 13. The predicted octanol–water partition coefficient (Wildman–Crippen LogP) is 5.87. The number of amides is 1. The number of methoxy groups -OCH3 is 4. The standard InChI is InChI=1S/C35H37N3O7/c1-38(21-22-13-16-28(41-2)31(19-22)44-5)17-8-18-45-23-14-15-27(30(20-23)43-4)36-35(40)26-11-6-9-24-32(26)37-33-25(34(24)39)10-7-12-29(33)42-3/h6-7,9-16,19-20H,8,17-18,21H2,1-5H3,(H,36,40)(H,37,39). The maximum absolute atomic E-state index is 13.5. The molecule has 0 saturated carbocycles. The fraction of sp³-hybridized carbons (Fsp3) is 0.257. The Morgan fingerprint density at radius 2 is 1.49 bits per heavy atom. The lowest BCUT2D eigenvalue weighted by Gasteiger charge is -2.18. The fourth-order valence-electron chi connectivity index (χ4n) is 5.30. The maximum atomic E-state index is 13.5. The Balaban J connectivity index is 1.23. The van der Waals surface area contributed by atoms with Gasteiger partial charge in [-0.15, -0.1) is 0 Å². The highest BCUT2D eigenvalue weighted by molar-refractivity contribution is 6.13. The van der Waals surface area contributed by atoms with Gasteiger partial charge in [0.05, 0.1) is 57.3 Å². The zero-order valence-corrected chi connectivity index (χ0v) is 26.1. The molecule has 1 aromatic heterocycles. The first-order valence-corrected chi connectivity index (χ1v) is 14.5. The van der Waals surface area contributed by atoms with Gasteiger partial charge in [-0.3, -0.25) is 9.59 Å². The Morgan fingerprint density at radius 3 is 2.22 bits per heavy atom. The van der Waals surface area contributed by atoms with Gasteiger partial charge in [0.1, 0.15) is 17.2 Å². The third kappa shape index (κ3) is 6.81. The first-order valence-electron chi connectivity index (χ1n) is 14.5. The number of H-pyrrole nitrogens is 1. The van der Waals surface area contributed by atoms with Gasteiger partial charge in [0, 0.05) is 29.9 Å². The van der Waals surface area contributed by atoms with Crippen LogP contribution in [0.4, 0.5) is 5.69 Å². The molecular formula is C35H37N3O7. The molecule has 10 heteroatoms. The van der Waals surface area contributed by atoms with Crippen LogP contribution in [0.3, 0.4) is 0 Å². The second-order valence-corrected chi connectivity index (χ2v) is 10.5. The van der Waals surface area contributed by atoms with Gasteiger partial charge in [0.25, 0.3) is 5.91 Å². The van der Waals surface area contributed by atoms with Crippen LogP contribution in [0, 0.1) is 0 Å². The molecule has 0 radical (unpaired) electrons. The topological polar surface area (TPSA) is 111 Å². The summed E-state index contributed by atoms with van der Waals surface area (Å²) in [5.41, 5.74) is 2.69. The molecule has 0 atom stereocenters. The molecule has 10 nitrogen and oxygen atoms in total. The average molecular weight is 612 g/mol. The molecule has 5 aromatic rings. The molecule has 0 saturated heterocycles. The van der Waals surface area contributed by atoms with E-state index in [1.807, 2.05) is 18.2 Å². The number of fused-ring (bicyclic) bond motifs is 2. The van der Waals surface area contributed by atoms with E-state index in [-0.39, 0.29) is 5.43 Å². The maximum Gasteiger partial charge on any atom is 0.257 e. The van der Waals surface area contributed by atoms with E-state index >= 15 is 0 Å². The molecule has 0 aliphatic rings. The van der Waals surface area contributed by atoms with Crippen LogP contribution in [0.1, 0.15) is 22.3 Å². The van der Waals surface area contributed by atoms with Gasteiger partial charge in [-0.05, 0) is 67.6 Å². The third-order valence-electron chi connectivity index (χ3n) is 7.57. The molecule has 0 unspecified atom stereocenters. The molecule has 234 valence electrons. The van der Waals surface area contributed by atoms with Gasteiger partial charge in [0.15, 0.2) is 16.9 Å². The van der Waals surface area contributed by atoms with Crippen LogP contribution >= 0.6 is 0 Å². The number of hydrogen-bond donors (Lipinski definition) is 2. The van der Waals surface area contributed by atoms with Crippen molar-refractivity contribution in [2.24, 2.45) is 0 Å². The number of hydrogen-bond acceptors (Lipinski definition) is 8. The van der Waals surface area contributed by atoms with Crippen LogP contribution < -0.4 is 34.4 Å². The number of carbonyl (C=O) groups excluding carboxylic acids is 1. The summed E-state index contributed by atoms with van der Waals surface area (Å²) in [5.74, 6) is 2.62. The van der Waals surface area contributed by atoms with E-state index < -0.39 is 5.91 Å². The van der Waals surface area contributed by atoms with E-state index in [0.29, 0.717) is 68.4 Å². The minimum Gasteiger partial charge on any atom is -0.495 e. The number of benzene rings is 4. The molecule has 5 rings (SSSR count). The number of carbonyl (C=O) groups is 1. The summed E-state index contributed by atoms with van der Waals surface area (Å²) in [6.07, 6.45) is 0.809. The fourth-order valence-corrected chi connectivity index (χ4v) is 5.30. The first kappa shape index (κ1) is 31.2. The van der Waals surface area contributed by atoms with E-state index in [0.717, 1.165) is 25.1 Å². The number of nitrogens with zero attached hydrogens (tertiary/aromatic N) is 1. The molecule has 0 aliphatic heterocycles. The Hall–Kier alpha value is -5.22. The van der Waals surface area contributed by atoms with Crippen molar-refractivity contribution in [3.63, 3.8) is 0 Å². The van der Waals surface area contributed by atoms with Gasteiger partial charge in [0.2, 0.25) is 0 Å². The third-order valence-corrected chi connectivity index (χ3v) is 7.57. The summed E-state index contributed by atoms with van der Waals surface area (Å²) in [7, 11) is 8.38. The SMILES string of the molecule is COc1cc(OCCCN(C)Cc2ccc(OC)c(OC)c2)ccc1NC(=O)c1cccc2c(=O)c3cccc(OC)c3[nH]c12. The highest BCUT2D eigenvalue weighted by Crippen LogP contribution is 2.31. The van der Waals surface area contributed by atoms with Gasteiger partial charge in [-0.2, -0.15) is 0 Å². The van der Waals surface area contributed by atoms with E-state index in [2.05, 4.69) is 22.2 Å². The van der Waals surface area contributed by atoms with Crippen molar-refractivity contribution in [1.29, 1.82) is 0 Å². The second-order valence-electron chi connectivity index (χ2n) is 10.5. The van der Waals surface area contributed by atoms with Gasteiger partial charge < -0.3 is 38.9 Å². The number of para-hydroxylation sites is 2. The summed E-state index contributed by atoms with van der Waals surface area (Å²) >= 11 is 0. The Bertz CT molecular complexity index is 1890. The van der Waals surface area contributed by atoms with Gasteiger partial charge in [-0.25, -0.2) is 0 Å². The monoisotopic (exact) mass is 611 g/mol. The molecule has 0 bridgehead atoms. The van der Waals surface area contributed by atoms with Crippen molar-refractivity contribution >= 4 is 33.4 Å². The molecule has 0 fully saturated rings. The van der Waals surface area contributed by atoms with E-state index in [9.17, 15) is 9.59 Å². The van der Waals surface area contributed by atoms with Crippen molar-refractivity contribution < 1.29 is 28.5 Å². The van der Waals surface area contributed by atoms with Crippen molar-refractivity contribution in [1.82, 2.24) is 9.88 Å². The van der Waals surface area contributed by atoms with Crippen molar-refractivity contribution in [2.75, 3.05) is 54.0 Å². The Kier molecular flexibility index (Phi) is 9.74.